The lowest BCUT2D eigenvalue weighted by Gasteiger charge is -2.22. The van der Waals surface area contributed by atoms with Crippen LogP contribution in [-0.2, 0) is 6.42 Å². The Morgan fingerprint density at radius 2 is 1.78 bits per heavy atom. The number of anilines is 1. The Labute approximate surface area is 142 Å². The molecule has 0 fully saturated rings. The summed E-state index contributed by atoms with van der Waals surface area (Å²) in [5, 5.41) is 0.494. The van der Waals surface area contributed by atoms with Gasteiger partial charge in [-0.3, -0.25) is 4.90 Å². The van der Waals surface area contributed by atoms with Crippen molar-refractivity contribution in [2.45, 2.75) is 6.42 Å². The summed E-state index contributed by atoms with van der Waals surface area (Å²) in [5.41, 5.74) is 1.95. The van der Waals surface area contributed by atoms with Gasteiger partial charge in [0.05, 0.1) is 11.6 Å². The normalized spacial score (nSPS) is 10.3. The first kappa shape index (κ1) is 17.2. The predicted octanol–water partition coefficient (Wildman–Crippen LogP) is 4.08. The van der Waals surface area contributed by atoms with Crippen LogP contribution >= 0.6 is 11.6 Å². The first-order valence-electron chi connectivity index (χ1n) is 7.40. The highest BCUT2D eigenvalue weighted by atomic mass is 35.5. The third kappa shape index (κ3) is 4.63. The zero-order chi connectivity index (χ0) is 16.8. The first-order chi connectivity index (χ1) is 11.0. The smallest absolute Gasteiger partial charge is 0.323 e. The highest BCUT2D eigenvalue weighted by molar-refractivity contribution is 6.32. The van der Waals surface area contributed by atoms with Crippen LogP contribution in [0.1, 0.15) is 5.56 Å². The van der Waals surface area contributed by atoms with Gasteiger partial charge in [0.25, 0.3) is 0 Å². The molecular formula is C18H21ClN2O2. The van der Waals surface area contributed by atoms with Crippen molar-refractivity contribution in [2.24, 2.45) is 0 Å². The number of amides is 2. The van der Waals surface area contributed by atoms with Crippen LogP contribution in [-0.4, -0.2) is 38.7 Å². The van der Waals surface area contributed by atoms with E-state index in [1.165, 1.54) is 10.5 Å². The molecule has 0 atom stereocenters. The summed E-state index contributed by atoms with van der Waals surface area (Å²) < 4.78 is 5.74. The molecule has 5 heteroatoms. The number of ether oxygens (including phenoxy) is 1. The predicted molar refractivity (Wildman–Crippen MR) is 94.6 cm³/mol. The second-order valence-electron chi connectivity index (χ2n) is 5.43. The van der Waals surface area contributed by atoms with Gasteiger partial charge >= 0.3 is 6.03 Å². The number of rotatable bonds is 5. The molecule has 0 aliphatic carbocycles. The number of benzene rings is 2. The van der Waals surface area contributed by atoms with Gasteiger partial charge in [0, 0.05) is 33.3 Å². The first-order valence-corrected chi connectivity index (χ1v) is 7.78. The standard InChI is InChI=1S/C18H21ClN2O2/c1-20(2)18(22)21(3)15-9-10-17(16(19)13-15)23-12-11-14-7-5-4-6-8-14/h4-10,13H,11-12H2,1-3H3. The van der Waals surface area contributed by atoms with Crippen molar-refractivity contribution in [1.29, 1.82) is 0 Å². The largest absolute Gasteiger partial charge is 0.492 e. The van der Waals surface area contributed by atoms with Gasteiger partial charge in [-0.1, -0.05) is 41.9 Å². The fraction of sp³-hybridized carbons (Fsp3) is 0.278. The van der Waals surface area contributed by atoms with Crippen molar-refractivity contribution >= 4 is 23.3 Å². The second-order valence-corrected chi connectivity index (χ2v) is 5.84. The van der Waals surface area contributed by atoms with Crippen LogP contribution in [0.25, 0.3) is 0 Å². The zero-order valence-electron chi connectivity index (χ0n) is 13.6. The Hall–Kier alpha value is -2.20. The van der Waals surface area contributed by atoms with E-state index in [2.05, 4.69) is 12.1 Å². The van der Waals surface area contributed by atoms with E-state index in [-0.39, 0.29) is 6.03 Å². The number of carbonyl (C=O) groups excluding carboxylic acids is 1. The molecule has 0 aliphatic rings. The molecule has 122 valence electrons. The van der Waals surface area contributed by atoms with Crippen LogP contribution < -0.4 is 9.64 Å². The molecule has 23 heavy (non-hydrogen) atoms. The molecule has 0 N–H and O–H groups in total. The van der Waals surface area contributed by atoms with Gasteiger partial charge in [0.15, 0.2) is 0 Å². The minimum absolute atomic E-state index is 0.112. The monoisotopic (exact) mass is 332 g/mol. The zero-order valence-corrected chi connectivity index (χ0v) is 14.4. The number of halogens is 1. The van der Waals surface area contributed by atoms with Crippen LogP contribution in [0.2, 0.25) is 5.02 Å². The fourth-order valence-corrected chi connectivity index (χ4v) is 2.38. The molecule has 0 aromatic heterocycles. The molecule has 2 amide bonds. The van der Waals surface area contributed by atoms with Crippen LogP contribution in [0.15, 0.2) is 48.5 Å². The van der Waals surface area contributed by atoms with E-state index in [1.807, 2.05) is 24.3 Å². The van der Waals surface area contributed by atoms with Gasteiger partial charge in [-0.25, -0.2) is 4.79 Å². The van der Waals surface area contributed by atoms with Gasteiger partial charge in [-0.05, 0) is 23.8 Å². The Kier molecular flexibility index (Phi) is 5.88. The minimum Gasteiger partial charge on any atom is -0.492 e. The van der Waals surface area contributed by atoms with E-state index in [0.29, 0.717) is 17.4 Å². The lowest BCUT2D eigenvalue weighted by Crippen LogP contribution is -2.36. The van der Waals surface area contributed by atoms with Gasteiger partial charge < -0.3 is 9.64 Å². The molecule has 0 radical (unpaired) electrons. The molecular weight excluding hydrogens is 312 g/mol. The van der Waals surface area contributed by atoms with Crippen molar-refractivity contribution in [3.8, 4) is 5.75 Å². The molecule has 0 bridgehead atoms. The Bertz CT molecular complexity index is 659. The van der Waals surface area contributed by atoms with Crippen molar-refractivity contribution < 1.29 is 9.53 Å². The summed E-state index contributed by atoms with van der Waals surface area (Å²) in [6, 6.07) is 15.4. The Morgan fingerprint density at radius 1 is 1.09 bits per heavy atom. The summed E-state index contributed by atoms with van der Waals surface area (Å²) in [6.45, 7) is 0.551. The molecule has 2 rings (SSSR count). The second kappa shape index (κ2) is 7.88. The van der Waals surface area contributed by atoms with E-state index in [4.69, 9.17) is 16.3 Å². The van der Waals surface area contributed by atoms with E-state index in [0.717, 1.165) is 12.1 Å². The van der Waals surface area contributed by atoms with Crippen LogP contribution in [0.3, 0.4) is 0 Å². The average Bonchev–Trinajstić information content (AvgIpc) is 2.55. The van der Waals surface area contributed by atoms with E-state index in [9.17, 15) is 4.79 Å². The quantitative estimate of drug-likeness (QED) is 0.826. The van der Waals surface area contributed by atoms with Crippen molar-refractivity contribution in [2.75, 3.05) is 32.6 Å². The number of hydrogen-bond donors (Lipinski definition) is 0. The molecule has 0 spiro atoms. The van der Waals surface area contributed by atoms with Crippen molar-refractivity contribution in [1.82, 2.24) is 4.90 Å². The van der Waals surface area contributed by atoms with Crippen molar-refractivity contribution in [3.05, 3.63) is 59.1 Å². The van der Waals surface area contributed by atoms with Gasteiger partial charge in [-0.2, -0.15) is 0 Å². The highest BCUT2D eigenvalue weighted by Crippen LogP contribution is 2.29. The fourth-order valence-electron chi connectivity index (χ4n) is 2.15. The van der Waals surface area contributed by atoms with Crippen LogP contribution in [0.4, 0.5) is 10.5 Å². The number of nitrogens with zero attached hydrogens (tertiary/aromatic N) is 2. The summed E-state index contributed by atoms with van der Waals surface area (Å²) in [7, 11) is 5.13. The topological polar surface area (TPSA) is 32.8 Å². The molecule has 4 nitrogen and oxygen atoms in total. The molecule has 0 aliphatic heterocycles. The van der Waals surface area contributed by atoms with Crippen molar-refractivity contribution in [3.63, 3.8) is 0 Å². The van der Waals surface area contributed by atoms with Gasteiger partial charge in [0.1, 0.15) is 5.75 Å². The maximum absolute atomic E-state index is 11.9. The van der Waals surface area contributed by atoms with Gasteiger partial charge in [-0.15, -0.1) is 0 Å². The van der Waals surface area contributed by atoms with E-state index in [1.54, 1.807) is 38.2 Å². The summed E-state index contributed by atoms with van der Waals surface area (Å²) in [5.74, 6) is 0.622. The Morgan fingerprint density at radius 3 is 2.39 bits per heavy atom. The third-order valence-corrected chi connectivity index (χ3v) is 3.76. The SMILES string of the molecule is CN(C)C(=O)N(C)c1ccc(OCCc2ccccc2)c(Cl)c1. The maximum atomic E-state index is 11.9. The highest BCUT2D eigenvalue weighted by Gasteiger charge is 2.14. The van der Waals surface area contributed by atoms with Crippen LogP contribution in [0, 0.1) is 0 Å². The van der Waals surface area contributed by atoms with E-state index < -0.39 is 0 Å². The maximum Gasteiger partial charge on any atom is 0.323 e. The summed E-state index contributed by atoms with van der Waals surface area (Å²) in [6.07, 6.45) is 0.817. The lowest BCUT2D eigenvalue weighted by molar-refractivity contribution is 0.225. The third-order valence-electron chi connectivity index (χ3n) is 3.46. The number of hydrogen-bond acceptors (Lipinski definition) is 2. The molecule has 2 aromatic carbocycles. The van der Waals surface area contributed by atoms with Crippen LogP contribution in [0.5, 0.6) is 5.75 Å². The molecule has 2 aromatic rings. The lowest BCUT2D eigenvalue weighted by atomic mass is 10.2. The van der Waals surface area contributed by atoms with Gasteiger partial charge in [0.2, 0.25) is 0 Å². The Balaban J connectivity index is 1.98. The molecule has 0 saturated carbocycles. The number of carbonyl (C=O) groups is 1. The summed E-state index contributed by atoms with van der Waals surface area (Å²) in [4.78, 5) is 15.0. The van der Waals surface area contributed by atoms with E-state index >= 15 is 0 Å². The molecule has 0 unspecified atom stereocenters. The molecule has 0 heterocycles. The number of urea groups is 1. The molecule has 0 saturated heterocycles. The summed E-state index contributed by atoms with van der Waals surface area (Å²) >= 11 is 6.26. The average molecular weight is 333 g/mol. The minimum atomic E-state index is -0.112.